The lowest BCUT2D eigenvalue weighted by Gasteiger charge is -2.12. The Morgan fingerprint density at radius 1 is 1.24 bits per heavy atom. The fourth-order valence-corrected chi connectivity index (χ4v) is 5.16. The molecule has 3 aromatic rings. The molecule has 0 saturated heterocycles. The van der Waals surface area contributed by atoms with Crippen molar-refractivity contribution in [3.05, 3.63) is 62.5 Å². The van der Waals surface area contributed by atoms with Gasteiger partial charge in [0.15, 0.2) is 0 Å². The van der Waals surface area contributed by atoms with Crippen molar-refractivity contribution in [3.8, 4) is 0 Å². The molecule has 152 valence electrons. The molecule has 1 aliphatic heterocycles. The molecule has 0 saturated carbocycles. The van der Waals surface area contributed by atoms with Crippen molar-refractivity contribution in [3.63, 3.8) is 0 Å². The predicted molar refractivity (Wildman–Crippen MR) is 118 cm³/mol. The number of hydrogen-bond donors (Lipinski definition) is 1. The van der Waals surface area contributed by atoms with Crippen LogP contribution in [-0.2, 0) is 13.0 Å². The van der Waals surface area contributed by atoms with E-state index in [4.69, 9.17) is 4.98 Å². The second kappa shape index (κ2) is 8.49. The minimum atomic E-state index is -0.106. The van der Waals surface area contributed by atoms with Gasteiger partial charge in [0.2, 0.25) is 0 Å². The fourth-order valence-electron chi connectivity index (χ4n) is 4.06. The Balaban J connectivity index is 1.51. The largest absolute Gasteiger partial charge is 0.351 e. The third-order valence-corrected chi connectivity index (χ3v) is 7.03. The highest BCUT2D eigenvalue weighted by Gasteiger charge is 2.22. The molecule has 4 rings (SSSR count). The van der Waals surface area contributed by atoms with Crippen LogP contribution in [0.25, 0.3) is 10.2 Å². The normalized spacial score (nSPS) is 15.0. The van der Waals surface area contributed by atoms with E-state index >= 15 is 0 Å². The monoisotopic (exact) mass is 409 g/mol. The van der Waals surface area contributed by atoms with Gasteiger partial charge in [-0.25, -0.2) is 4.98 Å². The summed E-state index contributed by atoms with van der Waals surface area (Å²) < 4.78 is 1.82. The van der Waals surface area contributed by atoms with Gasteiger partial charge in [0.1, 0.15) is 10.7 Å². The van der Waals surface area contributed by atoms with Gasteiger partial charge in [-0.15, -0.1) is 11.3 Å². The summed E-state index contributed by atoms with van der Waals surface area (Å²) in [5.41, 5.74) is 2.05. The van der Waals surface area contributed by atoms with E-state index in [1.807, 2.05) is 29.7 Å². The highest BCUT2D eigenvalue weighted by atomic mass is 32.1. The molecule has 0 aliphatic carbocycles. The van der Waals surface area contributed by atoms with Crippen LogP contribution < -0.4 is 10.9 Å². The minimum Gasteiger partial charge on any atom is -0.351 e. The number of benzene rings is 1. The Morgan fingerprint density at radius 3 is 2.83 bits per heavy atom. The molecule has 1 aliphatic rings. The van der Waals surface area contributed by atoms with Crippen LogP contribution in [0.4, 0.5) is 0 Å². The highest BCUT2D eigenvalue weighted by Crippen LogP contribution is 2.28. The van der Waals surface area contributed by atoms with E-state index in [0.717, 1.165) is 50.0 Å². The van der Waals surface area contributed by atoms with Crippen LogP contribution in [0, 0.1) is 6.92 Å². The predicted octanol–water partition coefficient (Wildman–Crippen LogP) is 4.42. The van der Waals surface area contributed by atoms with Gasteiger partial charge in [0, 0.05) is 19.5 Å². The Labute approximate surface area is 174 Å². The molecule has 2 aromatic heterocycles. The Kier molecular flexibility index (Phi) is 5.81. The standard InChI is InChI=1S/C23H27N3O2S/c1-15(17-9-5-3-6-10-17)12-13-24-21(27)20-16(2)19-22(29-20)25-18-11-7-4-8-14-26(18)23(19)28/h3,5-6,9-10,15H,4,7-8,11-14H2,1-2H3,(H,24,27). The zero-order chi connectivity index (χ0) is 20.4. The van der Waals surface area contributed by atoms with Crippen LogP contribution in [0.5, 0.6) is 0 Å². The smallest absolute Gasteiger partial charge is 0.262 e. The van der Waals surface area contributed by atoms with Gasteiger partial charge < -0.3 is 5.32 Å². The van der Waals surface area contributed by atoms with Gasteiger partial charge in [0.25, 0.3) is 11.5 Å². The van der Waals surface area contributed by atoms with Crippen molar-refractivity contribution in [2.45, 2.75) is 58.4 Å². The van der Waals surface area contributed by atoms with E-state index in [1.165, 1.54) is 16.9 Å². The fraction of sp³-hybridized carbons (Fsp3) is 0.435. The van der Waals surface area contributed by atoms with Crippen molar-refractivity contribution in [2.24, 2.45) is 0 Å². The molecule has 1 amide bonds. The van der Waals surface area contributed by atoms with E-state index < -0.39 is 0 Å². The first-order valence-corrected chi connectivity index (χ1v) is 11.2. The van der Waals surface area contributed by atoms with Crippen molar-refractivity contribution in [1.82, 2.24) is 14.9 Å². The van der Waals surface area contributed by atoms with Crippen molar-refractivity contribution in [2.75, 3.05) is 6.54 Å². The zero-order valence-corrected chi connectivity index (χ0v) is 17.8. The second-order valence-electron chi connectivity index (χ2n) is 7.89. The summed E-state index contributed by atoms with van der Waals surface area (Å²) in [6.45, 7) is 5.37. The summed E-state index contributed by atoms with van der Waals surface area (Å²) in [7, 11) is 0. The minimum absolute atomic E-state index is 0.0115. The summed E-state index contributed by atoms with van der Waals surface area (Å²) in [5, 5.41) is 3.65. The van der Waals surface area contributed by atoms with Gasteiger partial charge in [-0.2, -0.15) is 0 Å². The average molecular weight is 410 g/mol. The average Bonchev–Trinajstić information content (AvgIpc) is 2.89. The SMILES string of the molecule is Cc1c(C(=O)NCCC(C)c2ccccc2)sc2nc3n(c(=O)c12)CCCCC3. The third kappa shape index (κ3) is 3.99. The lowest BCUT2D eigenvalue weighted by Crippen LogP contribution is -2.26. The number of amides is 1. The third-order valence-electron chi connectivity index (χ3n) is 5.85. The quantitative estimate of drug-likeness (QED) is 0.679. The van der Waals surface area contributed by atoms with Crippen LogP contribution in [0.1, 0.15) is 65.1 Å². The maximum atomic E-state index is 13.0. The van der Waals surface area contributed by atoms with E-state index in [1.54, 1.807) is 0 Å². The molecule has 6 heteroatoms. The van der Waals surface area contributed by atoms with Crippen LogP contribution in [0.2, 0.25) is 0 Å². The molecular weight excluding hydrogens is 382 g/mol. The zero-order valence-electron chi connectivity index (χ0n) is 17.0. The molecular formula is C23H27N3O2S. The summed E-state index contributed by atoms with van der Waals surface area (Å²) in [6, 6.07) is 10.3. The Morgan fingerprint density at radius 2 is 2.03 bits per heavy atom. The molecule has 0 spiro atoms. The van der Waals surface area contributed by atoms with Gasteiger partial charge in [-0.1, -0.05) is 43.7 Å². The molecule has 0 radical (unpaired) electrons. The summed E-state index contributed by atoms with van der Waals surface area (Å²) >= 11 is 1.34. The topological polar surface area (TPSA) is 64.0 Å². The van der Waals surface area contributed by atoms with Gasteiger partial charge in [-0.05, 0) is 43.2 Å². The van der Waals surface area contributed by atoms with Crippen LogP contribution in [-0.4, -0.2) is 22.0 Å². The number of rotatable bonds is 5. The first-order chi connectivity index (χ1) is 14.1. The number of aryl methyl sites for hydroxylation is 2. The summed E-state index contributed by atoms with van der Waals surface area (Å²) in [5.74, 6) is 1.14. The number of carbonyl (C=O) groups excluding carboxylic acids is 1. The first-order valence-electron chi connectivity index (χ1n) is 10.4. The number of thiophene rings is 1. The van der Waals surface area contributed by atoms with E-state index in [2.05, 4.69) is 24.4 Å². The van der Waals surface area contributed by atoms with E-state index in [0.29, 0.717) is 27.6 Å². The number of aromatic nitrogens is 2. The lowest BCUT2D eigenvalue weighted by atomic mass is 9.98. The highest BCUT2D eigenvalue weighted by molar-refractivity contribution is 7.20. The number of nitrogens with zero attached hydrogens (tertiary/aromatic N) is 2. The molecule has 1 N–H and O–H groups in total. The van der Waals surface area contributed by atoms with Crippen LogP contribution in [0.3, 0.4) is 0 Å². The van der Waals surface area contributed by atoms with E-state index in [-0.39, 0.29) is 11.5 Å². The molecule has 5 nitrogen and oxygen atoms in total. The van der Waals surface area contributed by atoms with Crippen LogP contribution >= 0.6 is 11.3 Å². The second-order valence-corrected chi connectivity index (χ2v) is 8.89. The number of hydrogen-bond acceptors (Lipinski definition) is 4. The molecule has 1 atom stereocenters. The summed E-state index contributed by atoms with van der Waals surface area (Å²) in [6.07, 6.45) is 4.91. The molecule has 3 heterocycles. The van der Waals surface area contributed by atoms with Gasteiger partial charge >= 0.3 is 0 Å². The van der Waals surface area contributed by atoms with E-state index in [9.17, 15) is 9.59 Å². The summed E-state index contributed by atoms with van der Waals surface area (Å²) in [4.78, 5) is 31.9. The Hall–Kier alpha value is -2.47. The van der Waals surface area contributed by atoms with Crippen molar-refractivity contribution < 1.29 is 4.79 Å². The maximum absolute atomic E-state index is 13.0. The molecule has 29 heavy (non-hydrogen) atoms. The first kappa shape index (κ1) is 19.8. The molecule has 1 aromatic carbocycles. The van der Waals surface area contributed by atoms with Crippen LogP contribution in [0.15, 0.2) is 35.1 Å². The molecule has 1 unspecified atom stereocenters. The molecule has 0 fully saturated rings. The lowest BCUT2D eigenvalue weighted by molar-refractivity contribution is 0.0956. The number of carbonyl (C=O) groups is 1. The number of nitrogens with one attached hydrogen (secondary N) is 1. The van der Waals surface area contributed by atoms with Crippen molar-refractivity contribution >= 4 is 27.5 Å². The molecule has 0 bridgehead atoms. The van der Waals surface area contributed by atoms with Gasteiger partial charge in [0.05, 0.1) is 10.3 Å². The van der Waals surface area contributed by atoms with Gasteiger partial charge in [-0.3, -0.25) is 14.2 Å². The number of fused-ring (bicyclic) bond motifs is 2. The van der Waals surface area contributed by atoms with Crippen molar-refractivity contribution in [1.29, 1.82) is 0 Å². The maximum Gasteiger partial charge on any atom is 0.262 e. The Bertz CT molecular complexity index is 1080.